The van der Waals surface area contributed by atoms with Crippen molar-refractivity contribution in [1.82, 2.24) is 16.2 Å². The molecule has 1 aliphatic rings. The van der Waals surface area contributed by atoms with Gasteiger partial charge < -0.3 is 14.5 Å². The summed E-state index contributed by atoms with van der Waals surface area (Å²) in [6, 6.07) is 0.0234. The van der Waals surface area contributed by atoms with E-state index in [4.69, 9.17) is 9.16 Å². The molecule has 3 amide bonds. The van der Waals surface area contributed by atoms with E-state index >= 15 is 0 Å². The second kappa shape index (κ2) is 9.47. The normalized spacial score (nSPS) is 20.9. The van der Waals surface area contributed by atoms with Gasteiger partial charge in [0.15, 0.2) is 8.32 Å². The Morgan fingerprint density at radius 1 is 1.03 bits per heavy atom. The summed E-state index contributed by atoms with van der Waals surface area (Å²) in [6.07, 6.45) is 0.650. The van der Waals surface area contributed by atoms with Gasteiger partial charge in [-0.1, -0.05) is 20.8 Å². The van der Waals surface area contributed by atoms with Crippen molar-refractivity contribution >= 4 is 26.2 Å². The van der Waals surface area contributed by atoms with E-state index in [1.165, 1.54) is 0 Å². The van der Waals surface area contributed by atoms with Crippen LogP contribution in [0.3, 0.4) is 0 Å². The van der Waals surface area contributed by atoms with Crippen molar-refractivity contribution in [2.24, 2.45) is 5.92 Å². The van der Waals surface area contributed by atoms with Crippen molar-refractivity contribution in [2.75, 3.05) is 0 Å². The first kappa shape index (κ1) is 25.4. The van der Waals surface area contributed by atoms with Crippen molar-refractivity contribution < 1.29 is 23.5 Å². The van der Waals surface area contributed by atoms with E-state index in [-0.39, 0.29) is 28.8 Å². The van der Waals surface area contributed by atoms with Crippen molar-refractivity contribution in [2.45, 2.75) is 104 Å². The molecule has 1 aliphatic carbocycles. The monoisotopic (exact) mass is 429 g/mol. The molecule has 0 bridgehead atoms. The van der Waals surface area contributed by atoms with E-state index in [2.05, 4.69) is 50.0 Å². The third-order valence-electron chi connectivity index (χ3n) is 5.40. The number of hydrogen-bond donors (Lipinski definition) is 3. The van der Waals surface area contributed by atoms with Gasteiger partial charge in [0.1, 0.15) is 11.7 Å². The third kappa shape index (κ3) is 8.73. The number of alkyl carbamates (subject to hydrolysis) is 1. The number of nitrogens with one attached hydrogen (secondary N) is 3. The molecule has 0 aromatic heterocycles. The Balaban J connectivity index is 2.28. The van der Waals surface area contributed by atoms with Crippen LogP contribution in [0, 0.1) is 5.92 Å². The van der Waals surface area contributed by atoms with Crippen LogP contribution in [0.1, 0.15) is 67.7 Å². The molecule has 0 heterocycles. The van der Waals surface area contributed by atoms with Crippen LogP contribution in [0.5, 0.6) is 0 Å². The lowest BCUT2D eigenvalue weighted by atomic mass is 9.78. The summed E-state index contributed by atoms with van der Waals surface area (Å²) in [6.45, 7) is 17.6. The maximum atomic E-state index is 12.2. The topological polar surface area (TPSA) is 106 Å². The molecule has 0 aromatic rings. The van der Waals surface area contributed by atoms with Gasteiger partial charge >= 0.3 is 6.09 Å². The van der Waals surface area contributed by atoms with Crippen LogP contribution in [0.15, 0.2) is 0 Å². The molecule has 168 valence electrons. The fourth-order valence-corrected chi connectivity index (χ4v) is 4.06. The summed E-state index contributed by atoms with van der Waals surface area (Å²) in [4.78, 5) is 36.0. The number of amides is 3. The second-order valence-electron chi connectivity index (χ2n) is 10.4. The highest BCUT2D eigenvalue weighted by atomic mass is 28.4. The molecule has 0 radical (unpaired) electrons. The van der Waals surface area contributed by atoms with Crippen LogP contribution in [0.25, 0.3) is 0 Å². The molecule has 8 nitrogen and oxygen atoms in total. The average molecular weight is 430 g/mol. The summed E-state index contributed by atoms with van der Waals surface area (Å²) in [7, 11) is -2.06. The van der Waals surface area contributed by atoms with E-state index < -0.39 is 26.1 Å². The summed E-state index contributed by atoms with van der Waals surface area (Å²) < 4.78 is 11.2. The molecule has 1 rings (SSSR count). The zero-order valence-corrected chi connectivity index (χ0v) is 20.4. The number of hydrazine groups is 1. The number of hydrogen-bond acceptors (Lipinski definition) is 5. The predicted molar refractivity (Wildman–Crippen MR) is 115 cm³/mol. The highest BCUT2D eigenvalue weighted by molar-refractivity contribution is 6.74. The molecular weight excluding hydrogens is 390 g/mol. The Hall–Kier alpha value is -1.61. The molecule has 0 aliphatic heterocycles. The maximum Gasteiger partial charge on any atom is 0.407 e. The maximum absolute atomic E-state index is 12.2. The smallest absolute Gasteiger partial charge is 0.407 e. The van der Waals surface area contributed by atoms with Crippen LogP contribution < -0.4 is 16.2 Å². The van der Waals surface area contributed by atoms with Crippen LogP contribution in [-0.4, -0.2) is 44.0 Å². The Morgan fingerprint density at radius 3 is 2.07 bits per heavy atom. The quantitative estimate of drug-likeness (QED) is 0.444. The zero-order chi connectivity index (χ0) is 22.6. The Kier molecular flexibility index (Phi) is 8.30. The first-order chi connectivity index (χ1) is 13.0. The summed E-state index contributed by atoms with van der Waals surface area (Å²) in [5.74, 6) is -0.437. The summed E-state index contributed by atoms with van der Waals surface area (Å²) in [5, 5.41) is 2.80. The molecule has 3 N–H and O–H groups in total. The highest BCUT2D eigenvalue weighted by Gasteiger charge is 2.39. The summed E-state index contributed by atoms with van der Waals surface area (Å²) in [5.41, 5.74) is 4.38. The van der Waals surface area contributed by atoms with Crippen molar-refractivity contribution in [3.8, 4) is 0 Å². The minimum atomic E-state index is -2.06. The lowest BCUT2D eigenvalue weighted by Crippen LogP contribution is -2.52. The van der Waals surface area contributed by atoms with Gasteiger partial charge in [-0.05, 0) is 64.6 Å². The highest BCUT2D eigenvalue weighted by Crippen LogP contribution is 2.37. The van der Waals surface area contributed by atoms with E-state index in [0.717, 1.165) is 0 Å². The second-order valence-corrected chi connectivity index (χ2v) is 15.2. The van der Waals surface area contributed by atoms with Crippen LogP contribution in [0.4, 0.5) is 4.79 Å². The van der Waals surface area contributed by atoms with Gasteiger partial charge in [-0.15, -0.1) is 0 Å². The molecule has 0 unspecified atom stereocenters. The predicted octanol–water partition coefficient (Wildman–Crippen LogP) is 3.24. The van der Waals surface area contributed by atoms with Gasteiger partial charge in [-0.2, -0.15) is 0 Å². The SMILES string of the molecule is C[C@H](O[Si](C)(C)C(C)(C)C)C(=O)NNC(=O)CC1CC(NC(=O)OC(C)(C)C)C1. The van der Waals surface area contributed by atoms with Crippen molar-refractivity contribution in [3.05, 3.63) is 0 Å². The number of carbonyl (C=O) groups excluding carboxylic acids is 3. The Bertz CT molecular complexity index is 604. The molecule has 1 saturated carbocycles. The molecule has 9 heteroatoms. The minimum absolute atomic E-state index is 0.00110. The lowest BCUT2D eigenvalue weighted by molar-refractivity contribution is -0.133. The third-order valence-corrected chi connectivity index (χ3v) is 9.96. The summed E-state index contributed by atoms with van der Waals surface area (Å²) >= 11 is 0. The van der Waals surface area contributed by atoms with E-state index in [0.29, 0.717) is 19.3 Å². The van der Waals surface area contributed by atoms with Gasteiger partial charge in [0.25, 0.3) is 5.91 Å². The van der Waals surface area contributed by atoms with Gasteiger partial charge in [-0.25, -0.2) is 4.79 Å². The first-order valence-corrected chi connectivity index (χ1v) is 13.2. The van der Waals surface area contributed by atoms with E-state index in [1.54, 1.807) is 6.92 Å². The first-order valence-electron chi connectivity index (χ1n) is 10.3. The van der Waals surface area contributed by atoms with E-state index in [1.807, 2.05) is 20.8 Å². The molecule has 0 aromatic carbocycles. The number of carbonyl (C=O) groups is 3. The van der Waals surface area contributed by atoms with Crippen molar-refractivity contribution in [1.29, 1.82) is 0 Å². The number of rotatable bonds is 6. The molecule has 0 spiro atoms. The fraction of sp³-hybridized carbons (Fsp3) is 0.850. The largest absolute Gasteiger partial charge is 0.444 e. The van der Waals surface area contributed by atoms with Gasteiger partial charge in [0.2, 0.25) is 5.91 Å². The average Bonchev–Trinajstić information content (AvgIpc) is 2.46. The Morgan fingerprint density at radius 2 is 1.59 bits per heavy atom. The van der Waals surface area contributed by atoms with Gasteiger partial charge in [-0.3, -0.25) is 20.4 Å². The van der Waals surface area contributed by atoms with Gasteiger partial charge in [0, 0.05) is 12.5 Å². The fourth-order valence-electron chi connectivity index (χ4n) is 2.71. The minimum Gasteiger partial charge on any atom is -0.444 e. The van der Waals surface area contributed by atoms with Crippen LogP contribution >= 0.6 is 0 Å². The molecule has 0 saturated heterocycles. The molecule has 29 heavy (non-hydrogen) atoms. The standard InChI is InChI=1S/C20H39N3O5Si/c1-13(28-29(8,9)20(5,6)7)17(25)23-22-16(24)12-14-10-15(11-14)21-18(26)27-19(2,3)4/h13-15H,10-12H2,1-9H3,(H,21,26)(H,22,24)(H,23,25)/t13-,14?,15?/m0/s1. The van der Waals surface area contributed by atoms with Crippen LogP contribution in [0.2, 0.25) is 18.1 Å². The number of ether oxygens (including phenoxy) is 1. The van der Waals surface area contributed by atoms with Crippen molar-refractivity contribution in [3.63, 3.8) is 0 Å². The molecule has 1 atom stereocenters. The lowest BCUT2D eigenvalue weighted by Gasteiger charge is -2.38. The van der Waals surface area contributed by atoms with Gasteiger partial charge in [0.05, 0.1) is 0 Å². The van der Waals surface area contributed by atoms with E-state index in [9.17, 15) is 14.4 Å². The molecule has 1 fully saturated rings. The zero-order valence-electron chi connectivity index (χ0n) is 19.4. The Labute approximate surface area is 176 Å². The molecular formula is C20H39N3O5Si. The van der Waals surface area contributed by atoms with Crippen LogP contribution in [-0.2, 0) is 18.8 Å².